The SMILES string of the molecule is C=CCCCC(N)Cc1cccnc1. The monoisotopic (exact) mass is 190 g/mol. The van der Waals surface area contributed by atoms with Gasteiger partial charge in [0.15, 0.2) is 0 Å². The first-order chi connectivity index (χ1) is 6.83. The van der Waals surface area contributed by atoms with Crippen LogP contribution in [0.4, 0.5) is 0 Å². The number of hydrogen-bond donors (Lipinski definition) is 1. The summed E-state index contributed by atoms with van der Waals surface area (Å²) in [5.74, 6) is 0. The van der Waals surface area contributed by atoms with Crippen molar-refractivity contribution < 1.29 is 0 Å². The van der Waals surface area contributed by atoms with E-state index >= 15 is 0 Å². The number of pyridine rings is 1. The second-order valence-electron chi connectivity index (χ2n) is 3.55. The Labute approximate surface area is 85.9 Å². The summed E-state index contributed by atoms with van der Waals surface area (Å²) in [4.78, 5) is 4.06. The van der Waals surface area contributed by atoms with Gasteiger partial charge in [-0.25, -0.2) is 0 Å². The molecule has 0 spiro atoms. The lowest BCUT2D eigenvalue weighted by atomic mass is 10.0. The smallest absolute Gasteiger partial charge is 0.0300 e. The number of unbranched alkanes of at least 4 members (excludes halogenated alkanes) is 1. The highest BCUT2D eigenvalue weighted by atomic mass is 14.6. The minimum absolute atomic E-state index is 0.249. The van der Waals surface area contributed by atoms with E-state index in [-0.39, 0.29) is 6.04 Å². The highest BCUT2D eigenvalue weighted by molar-refractivity contribution is 5.09. The molecule has 76 valence electrons. The third-order valence-electron chi connectivity index (χ3n) is 2.20. The molecule has 1 rings (SSSR count). The Bertz CT molecular complexity index is 256. The van der Waals surface area contributed by atoms with Gasteiger partial charge in [0, 0.05) is 18.4 Å². The maximum absolute atomic E-state index is 5.98. The van der Waals surface area contributed by atoms with E-state index in [4.69, 9.17) is 5.73 Å². The van der Waals surface area contributed by atoms with Gasteiger partial charge >= 0.3 is 0 Å². The van der Waals surface area contributed by atoms with E-state index in [0.29, 0.717) is 0 Å². The zero-order chi connectivity index (χ0) is 10.2. The number of nitrogens with zero attached hydrogens (tertiary/aromatic N) is 1. The molecule has 0 radical (unpaired) electrons. The number of hydrogen-bond acceptors (Lipinski definition) is 2. The molecule has 0 aliphatic rings. The summed E-state index contributed by atoms with van der Waals surface area (Å²) in [6.45, 7) is 3.69. The van der Waals surface area contributed by atoms with Crippen molar-refractivity contribution in [3.63, 3.8) is 0 Å². The molecule has 0 amide bonds. The van der Waals surface area contributed by atoms with Crippen molar-refractivity contribution in [2.45, 2.75) is 31.7 Å². The van der Waals surface area contributed by atoms with E-state index < -0.39 is 0 Å². The van der Waals surface area contributed by atoms with Crippen LogP contribution in [0.5, 0.6) is 0 Å². The highest BCUT2D eigenvalue weighted by Crippen LogP contribution is 2.06. The molecule has 0 bridgehead atoms. The summed E-state index contributed by atoms with van der Waals surface area (Å²) in [6.07, 6.45) is 9.77. The quantitative estimate of drug-likeness (QED) is 0.552. The lowest BCUT2D eigenvalue weighted by Gasteiger charge is -2.10. The minimum Gasteiger partial charge on any atom is -0.327 e. The minimum atomic E-state index is 0.249. The molecule has 2 heteroatoms. The average Bonchev–Trinajstić information content (AvgIpc) is 2.20. The fourth-order valence-corrected chi connectivity index (χ4v) is 1.45. The van der Waals surface area contributed by atoms with Gasteiger partial charge in [0.2, 0.25) is 0 Å². The van der Waals surface area contributed by atoms with Gasteiger partial charge in [-0.15, -0.1) is 6.58 Å². The first-order valence-electron chi connectivity index (χ1n) is 5.08. The Hall–Kier alpha value is -1.15. The van der Waals surface area contributed by atoms with Crippen molar-refractivity contribution in [1.29, 1.82) is 0 Å². The van der Waals surface area contributed by atoms with Crippen LogP contribution in [0.1, 0.15) is 24.8 Å². The van der Waals surface area contributed by atoms with E-state index in [1.165, 1.54) is 5.56 Å². The molecule has 14 heavy (non-hydrogen) atoms. The largest absolute Gasteiger partial charge is 0.327 e. The lowest BCUT2D eigenvalue weighted by molar-refractivity contribution is 0.583. The topological polar surface area (TPSA) is 38.9 Å². The molecule has 0 saturated heterocycles. The zero-order valence-electron chi connectivity index (χ0n) is 8.52. The Morgan fingerprint density at radius 2 is 2.43 bits per heavy atom. The fourth-order valence-electron chi connectivity index (χ4n) is 1.45. The summed E-state index contributed by atoms with van der Waals surface area (Å²) in [6, 6.07) is 4.27. The Morgan fingerprint density at radius 1 is 1.57 bits per heavy atom. The van der Waals surface area contributed by atoms with Crippen LogP contribution in [-0.2, 0) is 6.42 Å². The van der Waals surface area contributed by atoms with Crippen LogP contribution >= 0.6 is 0 Å². The van der Waals surface area contributed by atoms with Crippen molar-refractivity contribution in [2.24, 2.45) is 5.73 Å². The Balaban J connectivity index is 2.26. The predicted octanol–water partition coefficient (Wildman–Crippen LogP) is 2.31. The van der Waals surface area contributed by atoms with Gasteiger partial charge in [-0.3, -0.25) is 4.98 Å². The van der Waals surface area contributed by atoms with E-state index in [1.54, 1.807) is 6.20 Å². The average molecular weight is 190 g/mol. The maximum atomic E-state index is 5.98. The number of allylic oxidation sites excluding steroid dienone is 1. The van der Waals surface area contributed by atoms with Crippen LogP contribution in [0.15, 0.2) is 37.2 Å². The predicted molar refractivity (Wildman–Crippen MR) is 60.0 cm³/mol. The van der Waals surface area contributed by atoms with Gasteiger partial charge in [-0.2, -0.15) is 0 Å². The summed E-state index contributed by atoms with van der Waals surface area (Å²) < 4.78 is 0. The van der Waals surface area contributed by atoms with Crippen molar-refractivity contribution in [3.05, 3.63) is 42.7 Å². The second-order valence-corrected chi connectivity index (χ2v) is 3.55. The molecule has 0 aliphatic heterocycles. The van der Waals surface area contributed by atoms with Crippen LogP contribution in [-0.4, -0.2) is 11.0 Å². The highest BCUT2D eigenvalue weighted by Gasteiger charge is 2.02. The fraction of sp³-hybridized carbons (Fsp3) is 0.417. The van der Waals surface area contributed by atoms with E-state index in [0.717, 1.165) is 25.7 Å². The molecule has 2 N–H and O–H groups in total. The van der Waals surface area contributed by atoms with Crippen LogP contribution in [0.3, 0.4) is 0 Å². The molecule has 1 unspecified atom stereocenters. The standard InChI is InChI=1S/C12H18N2/c1-2-3-4-7-12(13)9-11-6-5-8-14-10-11/h2,5-6,8,10,12H,1,3-4,7,9,13H2. The first-order valence-corrected chi connectivity index (χ1v) is 5.08. The molecular weight excluding hydrogens is 172 g/mol. The van der Waals surface area contributed by atoms with E-state index in [1.807, 2.05) is 18.3 Å². The summed E-state index contributed by atoms with van der Waals surface area (Å²) in [5, 5.41) is 0. The van der Waals surface area contributed by atoms with Crippen molar-refractivity contribution in [3.8, 4) is 0 Å². The molecule has 1 heterocycles. The Kier molecular flexibility index (Phi) is 4.94. The summed E-state index contributed by atoms with van der Waals surface area (Å²) in [7, 11) is 0. The molecule has 0 fully saturated rings. The van der Waals surface area contributed by atoms with Gasteiger partial charge in [-0.1, -0.05) is 12.1 Å². The molecule has 1 aromatic rings. The van der Waals surface area contributed by atoms with Crippen LogP contribution in [0, 0.1) is 0 Å². The van der Waals surface area contributed by atoms with Gasteiger partial charge < -0.3 is 5.73 Å². The first kappa shape index (κ1) is 10.9. The summed E-state index contributed by atoms with van der Waals surface area (Å²) >= 11 is 0. The Morgan fingerprint density at radius 3 is 3.07 bits per heavy atom. The third-order valence-corrected chi connectivity index (χ3v) is 2.20. The molecule has 2 nitrogen and oxygen atoms in total. The number of nitrogens with two attached hydrogens (primary N) is 1. The molecule has 0 saturated carbocycles. The van der Waals surface area contributed by atoms with Gasteiger partial charge in [0.1, 0.15) is 0 Å². The normalized spacial score (nSPS) is 12.4. The van der Waals surface area contributed by atoms with Crippen molar-refractivity contribution >= 4 is 0 Å². The number of aromatic nitrogens is 1. The summed E-state index contributed by atoms with van der Waals surface area (Å²) in [5.41, 5.74) is 7.21. The van der Waals surface area contributed by atoms with E-state index in [9.17, 15) is 0 Å². The van der Waals surface area contributed by atoms with E-state index in [2.05, 4.69) is 17.6 Å². The van der Waals surface area contributed by atoms with Crippen molar-refractivity contribution in [1.82, 2.24) is 4.98 Å². The molecule has 1 aromatic heterocycles. The molecule has 1 atom stereocenters. The van der Waals surface area contributed by atoms with Gasteiger partial charge in [0.25, 0.3) is 0 Å². The third kappa shape index (κ3) is 4.19. The van der Waals surface area contributed by atoms with Gasteiger partial charge in [-0.05, 0) is 37.3 Å². The molecule has 0 aliphatic carbocycles. The van der Waals surface area contributed by atoms with Crippen LogP contribution in [0.25, 0.3) is 0 Å². The number of rotatable bonds is 6. The van der Waals surface area contributed by atoms with Gasteiger partial charge in [0.05, 0.1) is 0 Å². The zero-order valence-corrected chi connectivity index (χ0v) is 8.52. The lowest BCUT2D eigenvalue weighted by Crippen LogP contribution is -2.22. The molecular formula is C12H18N2. The molecule has 0 aromatic carbocycles. The van der Waals surface area contributed by atoms with Crippen LogP contribution < -0.4 is 5.73 Å². The van der Waals surface area contributed by atoms with Crippen LogP contribution in [0.2, 0.25) is 0 Å². The van der Waals surface area contributed by atoms with Crippen molar-refractivity contribution in [2.75, 3.05) is 0 Å². The maximum Gasteiger partial charge on any atom is 0.0300 e. The second kappa shape index (κ2) is 6.33.